The second kappa shape index (κ2) is 7.35. The number of rotatable bonds is 4. The van der Waals surface area contributed by atoms with Crippen molar-refractivity contribution in [2.45, 2.75) is 33.1 Å². The Balaban J connectivity index is 1.83. The number of anilines is 1. The van der Waals surface area contributed by atoms with E-state index in [0.717, 1.165) is 11.1 Å². The standard InChI is InChI=1S/C23H23NO4/c1-14-5-6-16(19-11-12-20(28-19)22(26)27)13-18(14)24-21(25)15-7-9-17(10-8-15)23(2,3)4/h5-13H,1-4H3,(H,24,25)(H,26,27). The molecule has 5 nitrogen and oxygen atoms in total. The lowest BCUT2D eigenvalue weighted by Gasteiger charge is -2.19. The number of furan rings is 1. The molecule has 1 aromatic heterocycles. The Morgan fingerprint density at radius 1 is 0.964 bits per heavy atom. The third-order valence-corrected chi connectivity index (χ3v) is 4.60. The van der Waals surface area contributed by atoms with Crippen LogP contribution in [0, 0.1) is 6.92 Å². The van der Waals surface area contributed by atoms with E-state index in [1.165, 1.54) is 6.07 Å². The number of carboxylic acid groups (broad SMARTS) is 1. The number of aromatic carboxylic acids is 1. The maximum absolute atomic E-state index is 12.7. The number of hydrogen-bond acceptors (Lipinski definition) is 3. The number of carboxylic acids is 1. The molecule has 2 N–H and O–H groups in total. The van der Waals surface area contributed by atoms with E-state index < -0.39 is 5.97 Å². The molecule has 0 atom stereocenters. The summed E-state index contributed by atoms with van der Waals surface area (Å²) >= 11 is 0. The molecule has 0 bridgehead atoms. The number of hydrogen-bond donors (Lipinski definition) is 2. The zero-order valence-electron chi connectivity index (χ0n) is 16.4. The van der Waals surface area contributed by atoms with Crippen molar-refractivity contribution in [3.8, 4) is 11.3 Å². The Labute approximate surface area is 164 Å². The van der Waals surface area contributed by atoms with Crippen LogP contribution in [0.15, 0.2) is 59.0 Å². The SMILES string of the molecule is Cc1ccc(-c2ccc(C(=O)O)o2)cc1NC(=O)c1ccc(C(C)(C)C)cc1. The Kier molecular flexibility index (Phi) is 5.10. The highest BCUT2D eigenvalue weighted by atomic mass is 16.4. The van der Waals surface area contributed by atoms with Gasteiger partial charge in [-0.1, -0.05) is 45.0 Å². The van der Waals surface area contributed by atoms with Crippen LogP contribution < -0.4 is 5.32 Å². The second-order valence-electron chi connectivity index (χ2n) is 7.78. The fraction of sp³-hybridized carbons (Fsp3) is 0.217. The molecule has 0 aliphatic heterocycles. The largest absolute Gasteiger partial charge is 0.475 e. The van der Waals surface area contributed by atoms with Crippen LogP contribution in [0.4, 0.5) is 5.69 Å². The van der Waals surface area contributed by atoms with Gasteiger partial charge in [-0.3, -0.25) is 4.79 Å². The predicted molar refractivity (Wildman–Crippen MR) is 109 cm³/mol. The molecule has 0 radical (unpaired) electrons. The minimum absolute atomic E-state index is 0.0256. The molecule has 0 fully saturated rings. The van der Waals surface area contributed by atoms with Gasteiger partial charge >= 0.3 is 5.97 Å². The smallest absolute Gasteiger partial charge is 0.371 e. The summed E-state index contributed by atoms with van der Waals surface area (Å²) in [5.41, 5.74) is 4.00. The third kappa shape index (κ3) is 4.14. The molecule has 0 aliphatic rings. The number of aryl methyl sites for hydroxylation is 1. The molecule has 144 valence electrons. The van der Waals surface area contributed by atoms with E-state index in [2.05, 4.69) is 26.1 Å². The van der Waals surface area contributed by atoms with Gasteiger partial charge in [-0.05, 0) is 53.8 Å². The summed E-state index contributed by atoms with van der Waals surface area (Å²) in [5.74, 6) is -1.01. The van der Waals surface area contributed by atoms with Crippen LogP contribution in [0.25, 0.3) is 11.3 Å². The van der Waals surface area contributed by atoms with Crippen molar-refractivity contribution in [2.24, 2.45) is 0 Å². The van der Waals surface area contributed by atoms with Crippen molar-refractivity contribution >= 4 is 17.6 Å². The van der Waals surface area contributed by atoms with E-state index in [1.807, 2.05) is 43.3 Å². The fourth-order valence-electron chi connectivity index (χ4n) is 2.83. The molecule has 3 rings (SSSR count). The first kappa shape index (κ1) is 19.4. The second-order valence-corrected chi connectivity index (χ2v) is 7.78. The highest BCUT2D eigenvalue weighted by Gasteiger charge is 2.16. The summed E-state index contributed by atoms with van der Waals surface area (Å²) in [6.45, 7) is 8.27. The first-order valence-corrected chi connectivity index (χ1v) is 9.01. The monoisotopic (exact) mass is 377 g/mol. The van der Waals surface area contributed by atoms with Gasteiger partial charge in [-0.15, -0.1) is 0 Å². The van der Waals surface area contributed by atoms with Gasteiger partial charge in [0.15, 0.2) is 0 Å². The van der Waals surface area contributed by atoms with Crippen molar-refractivity contribution in [2.75, 3.05) is 5.32 Å². The van der Waals surface area contributed by atoms with Gasteiger partial charge in [0, 0.05) is 16.8 Å². The van der Waals surface area contributed by atoms with E-state index in [-0.39, 0.29) is 17.1 Å². The zero-order valence-corrected chi connectivity index (χ0v) is 16.4. The van der Waals surface area contributed by atoms with Gasteiger partial charge < -0.3 is 14.8 Å². The Bertz CT molecular complexity index is 1020. The third-order valence-electron chi connectivity index (χ3n) is 4.60. The van der Waals surface area contributed by atoms with Crippen molar-refractivity contribution in [3.63, 3.8) is 0 Å². The molecular weight excluding hydrogens is 354 g/mol. The Hall–Kier alpha value is -3.34. The zero-order chi connectivity index (χ0) is 20.5. The topological polar surface area (TPSA) is 79.5 Å². The van der Waals surface area contributed by atoms with Gasteiger partial charge in [0.2, 0.25) is 5.76 Å². The average molecular weight is 377 g/mol. The average Bonchev–Trinajstić information content (AvgIpc) is 3.13. The van der Waals surface area contributed by atoms with Crippen LogP contribution in [0.3, 0.4) is 0 Å². The van der Waals surface area contributed by atoms with Crippen LogP contribution >= 0.6 is 0 Å². The Morgan fingerprint density at radius 2 is 1.64 bits per heavy atom. The molecule has 0 aliphatic carbocycles. The predicted octanol–water partition coefficient (Wildman–Crippen LogP) is 5.50. The van der Waals surface area contributed by atoms with Gasteiger partial charge in [-0.2, -0.15) is 0 Å². The van der Waals surface area contributed by atoms with Crippen molar-refractivity contribution in [3.05, 3.63) is 77.0 Å². The molecular formula is C23H23NO4. The van der Waals surface area contributed by atoms with Crippen molar-refractivity contribution < 1.29 is 19.1 Å². The quantitative estimate of drug-likeness (QED) is 0.629. The molecule has 1 amide bonds. The molecule has 5 heteroatoms. The van der Waals surface area contributed by atoms with Crippen LogP contribution in [-0.2, 0) is 5.41 Å². The first-order chi connectivity index (χ1) is 13.1. The normalized spacial score (nSPS) is 11.3. The molecule has 28 heavy (non-hydrogen) atoms. The first-order valence-electron chi connectivity index (χ1n) is 9.01. The molecule has 0 spiro atoms. The minimum atomic E-state index is -1.12. The molecule has 1 heterocycles. The van der Waals surface area contributed by atoms with E-state index in [0.29, 0.717) is 22.6 Å². The molecule has 3 aromatic rings. The van der Waals surface area contributed by atoms with E-state index in [9.17, 15) is 9.59 Å². The van der Waals surface area contributed by atoms with Gasteiger partial charge in [0.25, 0.3) is 5.91 Å². The maximum Gasteiger partial charge on any atom is 0.371 e. The van der Waals surface area contributed by atoms with Crippen LogP contribution in [-0.4, -0.2) is 17.0 Å². The molecule has 0 saturated heterocycles. The molecule has 0 unspecified atom stereocenters. The van der Waals surface area contributed by atoms with Crippen LogP contribution in [0.5, 0.6) is 0 Å². The van der Waals surface area contributed by atoms with Crippen LogP contribution in [0.2, 0.25) is 0 Å². The lowest BCUT2D eigenvalue weighted by molar-refractivity contribution is 0.0663. The number of carbonyl (C=O) groups excluding carboxylic acids is 1. The fourth-order valence-corrected chi connectivity index (χ4v) is 2.83. The number of carbonyl (C=O) groups is 2. The number of amides is 1. The van der Waals surface area contributed by atoms with Crippen molar-refractivity contribution in [1.29, 1.82) is 0 Å². The summed E-state index contributed by atoms with van der Waals surface area (Å²) in [5, 5.41) is 11.9. The number of nitrogens with one attached hydrogen (secondary N) is 1. The summed E-state index contributed by atoms with van der Waals surface area (Å²) in [4.78, 5) is 23.7. The van der Waals surface area contributed by atoms with Crippen LogP contribution in [0.1, 0.15) is 52.8 Å². The highest BCUT2D eigenvalue weighted by molar-refractivity contribution is 6.05. The molecule has 2 aromatic carbocycles. The maximum atomic E-state index is 12.7. The van der Waals surface area contributed by atoms with E-state index in [1.54, 1.807) is 12.1 Å². The summed E-state index contributed by atoms with van der Waals surface area (Å²) in [7, 11) is 0. The van der Waals surface area contributed by atoms with Gasteiger partial charge in [0.1, 0.15) is 5.76 Å². The molecule has 0 saturated carbocycles. The van der Waals surface area contributed by atoms with Crippen molar-refractivity contribution in [1.82, 2.24) is 0 Å². The summed E-state index contributed by atoms with van der Waals surface area (Å²) < 4.78 is 5.35. The highest BCUT2D eigenvalue weighted by Crippen LogP contribution is 2.28. The van der Waals surface area contributed by atoms with Gasteiger partial charge in [0.05, 0.1) is 0 Å². The lowest BCUT2D eigenvalue weighted by Crippen LogP contribution is -2.14. The van der Waals surface area contributed by atoms with Gasteiger partial charge in [-0.25, -0.2) is 4.79 Å². The number of benzene rings is 2. The minimum Gasteiger partial charge on any atom is -0.475 e. The lowest BCUT2D eigenvalue weighted by atomic mass is 9.86. The van der Waals surface area contributed by atoms with E-state index in [4.69, 9.17) is 9.52 Å². The Morgan fingerprint density at radius 3 is 2.21 bits per heavy atom. The summed E-state index contributed by atoms with van der Waals surface area (Å²) in [6, 6.07) is 16.0. The summed E-state index contributed by atoms with van der Waals surface area (Å²) in [6.07, 6.45) is 0. The van der Waals surface area contributed by atoms with E-state index >= 15 is 0 Å².